The molecule has 3 heterocycles. The van der Waals surface area contributed by atoms with Crippen LogP contribution in [0.4, 0.5) is 4.39 Å². The molecule has 0 N–H and O–H groups in total. The molecule has 1 aromatic heterocycles. The van der Waals surface area contributed by atoms with Crippen LogP contribution in [0, 0.1) is 5.82 Å². The Balaban J connectivity index is 1.53. The number of aromatic nitrogens is 2. The average molecular weight is 496 g/mol. The number of hydrogen-bond acceptors (Lipinski definition) is 6. The number of hydrogen-bond donors (Lipinski definition) is 0. The molecule has 0 saturated carbocycles. The molecule has 5 rings (SSSR count). The maximum atomic E-state index is 14.5. The Kier molecular flexibility index (Phi) is 6.49. The second-order valence-corrected chi connectivity index (χ2v) is 9.67. The Hall–Kier alpha value is -3.01. The van der Waals surface area contributed by atoms with E-state index in [9.17, 15) is 9.18 Å². The maximum Gasteiger partial charge on any atom is 0.266 e. The monoisotopic (exact) mass is 495 g/mol. The molecule has 6 nitrogen and oxygen atoms in total. The summed E-state index contributed by atoms with van der Waals surface area (Å²) in [6, 6.07) is 14.3. The fourth-order valence-corrected chi connectivity index (χ4v) is 5.30. The highest BCUT2D eigenvalue weighted by Gasteiger charge is 2.35. The van der Waals surface area contributed by atoms with E-state index in [4.69, 9.17) is 26.8 Å². The first-order valence-corrected chi connectivity index (χ1v) is 12.1. The number of thiocarbonyl (C=S) groups is 1. The van der Waals surface area contributed by atoms with E-state index in [1.165, 1.54) is 24.9 Å². The molecule has 34 heavy (non-hydrogen) atoms. The first-order valence-electron chi connectivity index (χ1n) is 10.9. The number of para-hydroxylation sites is 1. The van der Waals surface area contributed by atoms with Gasteiger partial charge in [-0.25, -0.2) is 9.07 Å². The fraction of sp³-hybridized carbons (Fsp3) is 0.240. The molecule has 0 aliphatic carbocycles. The van der Waals surface area contributed by atoms with Crippen LogP contribution in [-0.4, -0.2) is 51.3 Å². The smallest absolute Gasteiger partial charge is 0.266 e. The lowest BCUT2D eigenvalue weighted by atomic mass is 10.1. The Morgan fingerprint density at radius 1 is 1.29 bits per heavy atom. The van der Waals surface area contributed by atoms with E-state index in [1.54, 1.807) is 27.8 Å². The largest absolute Gasteiger partial charge is 0.494 e. The minimum Gasteiger partial charge on any atom is -0.494 e. The zero-order chi connectivity index (χ0) is 23.7. The molecule has 2 aliphatic rings. The zero-order valence-electron chi connectivity index (χ0n) is 18.4. The summed E-state index contributed by atoms with van der Waals surface area (Å²) in [4.78, 5) is 15.3. The minimum absolute atomic E-state index is 0.0144. The number of rotatable bonds is 6. The molecular formula is C25H22FN3O3S2. The van der Waals surface area contributed by atoms with Crippen molar-refractivity contribution in [3.8, 4) is 22.7 Å². The van der Waals surface area contributed by atoms with Gasteiger partial charge >= 0.3 is 0 Å². The predicted octanol–water partition coefficient (Wildman–Crippen LogP) is 5.07. The summed E-state index contributed by atoms with van der Waals surface area (Å²) in [5.74, 6) is -0.476. The summed E-state index contributed by atoms with van der Waals surface area (Å²) in [5, 5.41) is 4.71. The minimum atomic E-state index is -0.483. The third-order valence-electron chi connectivity index (χ3n) is 5.76. The normalized spacial score (nSPS) is 19.4. The van der Waals surface area contributed by atoms with Crippen molar-refractivity contribution in [3.05, 3.63) is 71.0 Å². The molecule has 0 radical (unpaired) electrons. The van der Waals surface area contributed by atoms with Crippen LogP contribution in [0.3, 0.4) is 0 Å². The topological polar surface area (TPSA) is 56.6 Å². The summed E-state index contributed by atoms with van der Waals surface area (Å²) in [6.07, 6.45) is 5.54. The van der Waals surface area contributed by atoms with Crippen molar-refractivity contribution >= 4 is 40.3 Å². The first-order chi connectivity index (χ1) is 16.5. The first kappa shape index (κ1) is 22.8. The van der Waals surface area contributed by atoms with Gasteiger partial charge < -0.3 is 9.47 Å². The van der Waals surface area contributed by atoms with Crippen molar-refractivity contribution in [1.82, 2.24) is 14.7 Å². The van der Waals surface area contributed by atoms with Crippen LogP contribution < -0.4 is 4.74 Å². The van der Waals surface area contributed by atoms with Gasteiger partial charge in [0.15, 0.2) is 11.6 Å². The van der Waals surface area contributed by atoms with Crippen molar-refractivity contribution in [2.75, 3.05) is 20.3 Å². The molecule has 9 heteroatoms. The number of carbonyl (C=O) groups excluding carboxylic acids is 1. The molecule has 0 spiro atoms. The number of thioether (sulfide) groups is 1. The summed E-state index contributed by atoms with van der Waals surface area (Å²) in [6.45, 7) is 1.18. The van der Waals surface area contributed by atoms with Gasteiger partial charge in [-0.05, 0) is 49.2 Å². The van der Waals surface area contributed by atoms with Crippen LogP contribution in [0.5, 0.6) is 5.75 Å². The van der Waals surface area contributed by atoms with Gasteiger partial charge in [0, 0.05) is 23.9 Å². The Morgan fingerprint density at radius 2 is 2.12 bits per heavy atom. The van der Waals surface area contributed by atoms with Crippen LogP contribution in [0.2, 0.25) is 0 Å². The van der Waals surface area contributed by atoms with Crippen molar-refractivity contribution in [2.45, 2.75) is 18.9 Å². The van der Waals surface area contributed by atoms with E-state index in [0.29, 0.717) is 32.6 Å². The van der Waals surface area contributed by atoms with Crippen LogP contribution in [-0.2, 0) is 9.53 Å². The lowest BCUT2D eigenvalue weighted by Gasteiger charge is -2.18. The molecule has 1 atom stereocenters. The van der Waals surface area contributed by atoms with Crippen molar-refractivity contribution in [2.24, 2.45) is 0 Å². The van der Waals surface area contributed by atoms with Crippen LogP contribution in [0.15, 0.2) is 59.6 Å². The average Bonchev–Trinajstić information content (AvgIpc) is 3.57. The number of benzene rings is 2. The van der Waals surface area contributed by atoms with E-state index < -0.39 is 5.82 Å². The lowest BCUT2D eigenvalue weighted by Crippen LogP contribution is -2.35. The zero-order valence-corrected chi connectivity index (χ0v) is 20.1. The summed E-state index contributed by atoms with van der Waals surface area (Å²) in [7, 11) is 1.42. The van der Waals surface area contributed by atoms with Gasteiger partial charge in [0.1, 0.15) is 10.0 Å². The molecule has 0 bridgehead atoms. The summed E-state index contributed by atoms with van der Waals surface area (Å²) >= 11 is 6.75. The third-order valence-corrected chi connectivity index (χ3v) is 7.14. The summed E-state index contributed by atoms with van der Waals surface area (Å²) < 4.78 is 27.5. The highest BCUT2D eigenvalue weighted by molar-refractivity contribution is 8.26. The highest BCUT2D eigenvalue weighted by Crippen LogP contribution is 2.36. The van der Waals surface area contributed by atoms with Crippen molar-refractivity contribution in [1.29, 1.82) is 0 Å². The van der Waals surface area contributed by atoms with Gasteiger partial charge in [-0.3, -0.25) is 9.69 Å². The van der Waals surface area contributed by atoms with Crippen molar-refractivity contribution in [3.63, 3.8) is 0 Å². The van der Waals surface area contributed by atoms with Gasteiger partial charge in [0.2, 0.25) is 0 Å². The highest BCUT2D eigenvalue weighted by atomic mass is 32.2. The van der Waals surface area contributed by atoms with E-state index in [0.717, 1.165) is 25.1 Å². The SMILES string of the molecule is COc1ccc(-c2nn(-c3ccccc3)cc2/C=C2\SC(=S)N(C[C@H]3CCCO3)C2=O)cc1F. The standard InChI is InChI=1S/C25H22FN3O3S2/c1-31-21-10-9-16(12-20(21)26)23-17(14-29(27-23)18-6-3-2-4-7-18)13-22-24(30)28(25(33)34-22)15-19-8-5-11-32-19/h2-4,6-7,9-10,12-14,19H,5,8,11,15H2,1H3/b22-13-/t19-/m1/s1. The van der Waals surface area contributed by atoms with Gasteiger partial charge in [0.25, 0.3) is 5.91 Å². The third kappa shape index (κ3) is 4.51. The van der Waals surface area contributed by atoms with Gasteiger partial charge in [-0.1, -0.05) is 42.2 Å². The number of ether oxygens (including phenoxy) is 2. The summed E-state index contributed by atoms with van der Waals surface area (Å²) in [5.41, 5.74) is 2.67. The van der Waals surface area contributed by atoms with Crippen LogP contribution >= 0.6 is 24.0 Å². The number of carbonyl (C=O) groups is 1. The molecule has 3 aromatic rings. The molecule has 174 valence electrons. The van der Waals surface area contributed by atoms with E-state index in [-0.39, 0.29) is 17.8 Å². The van der Waals surface area contributed by atoms with E-state index in [1.807, 2.05) is 36.5 Å². The Labute approximate surface area is 206 Å². The molecule has 2 aliphatic heterocycles. The van der Waals surface area contributed by atoms with Gasteiger partial charge in [-0.2, -0.15) is 5.10 Å². The second kappa shape index (κ2) is 9.69. The second-order valence-electron chi connectivity index (χ2n) is 7.99. The molecule has 0 unspecified atom stereocenters. The van der Waals surface area contributed by atoms with Crippen molar-refractivity contribution < 1.29 is 18.7 Å². The number of nitrogens with zero attached hydrogens (tertiary/aromatic N) is 3. The fourth-order valence-electron chi connectivity index (χ4n) is 4.03. The van der Waals surface area contributed by atoms with Gasteiger partial charge in [0.05, 0.1) is 30.4 Å². The van der Waals surface area contributed by atoms with E-state index >= 15 is 0 Å². The lowest BCUT2D eigenvalue weighted by molar-refractivity contribution is -0.123. The van der Waals surface area contributed by atoms with Gasteiger partial charge in [-0.15, -0.1) is 0 Å². The molecule has 2 fully saturated rings. The molecule has 1 amide bonds. The van der Waals surface area contributed by atoms with Crippen LogP contribution in [0.1, 0.15) is 18.4 Å². The Bertz CT molecular complexity index is 1270. The maximum absolute atomic E-state index is 14.5. The predicted molar refractivity (Wildman–Crippen MR) is 134 cm³/mol. The quantitative estimate of drug-likeness (QED) is 0.352. The number of amides is 1. The number of methoxy groups -OCH3 is 1. The molecule has 2 aromatic carbocycles. The van der Waals surface area contributed by atoms with E-state index in [2.05, 4.69) is 0 Å². The van der Waals surface area contributed by atoms with Crippen LogP contribution in [0.25, 0.3) is 23.0 Å². The molecule has 2 saturated heterocycles. The number of halogens is 1. The Morgan fingerprint density at radius 3 is 2.82 bits per heavy atom. The molecular weight excluding hydrogens is 473 g/mol.